The number of nitrogens with zero attached hydrogens (tertiary/aromatic N) is 1. The first-order valence-electron chi connectivity index (χ1n) is 5.10. The summed E-state index contributed by atoms with van der Waals surface area (Å²) in [6, 6.07) is 0.457. The average Bonchev–Trinajstić information content (AvgIpc) is 2.62. The van der Waals surface area contributed by atoms with E-state index in [1.165, 1.54) is 4.90 Å². The molecular weight excluding hydrogens is 209 g/mol. The molecule has 90 valence electrons. The third kappa shape index (κ3) is 5.96. The topological polar surface area (TPSA) is 24.5 Å². The van der Waals surface area contributed by atoms with Gasteiger partial charge in [0.15, 0.2) is 0 Å². The molecule has 1 aliphatic heterocycles. The highest BCUT2D eigenvalue weighted by Crippen LogP contribution is 2.16. The van der Waals surface area contributed by atoms with Crippen LogP contribution in [0.25, 0.3) is 0 Å². The molecule has 0 spiro atoms. The monoisotopic (exact) mass is 226 g/mol. The quantitative estimate of drug-likeness (QED) is 0.720. The van der Waals surface area contributed by atoms with Gasteiger partial charge in [-0.2, -0.15) is 0 Å². The van der Waals surface area contributed by atoms with Crippen LogP contribution >= 0.6 is 0 Å². The van der Waals surface area contributed by atoms with Crippen molar-refractivity contribution in [3.05, 3.63) is 0 Å². The summed E-state index contributed by atoms with van der Waals surface area (Å²) in [7, 11) is 1.63. The Kier molecular flexibility index (Phi) is 4.82. The van der Waals surface area contributed by atoms with Crippen LogP contribution in [-0.4, -0.2) is 44.2 Å². The van der Waals surface area contributed by atoms with Crippen LogP contribution in [0.3, 0.4) is 0 Å². The average molecular weight is 226 g/mol. The maximum absolute atomic E-state index is 11.7. The smallest absolute Gasteiger partial charge is 0.314 e. The third-order valence-corrected chi connectivity index (χ3v) is 2.47. The van der Waals surface area contributed by atoms with Crippen LogP contribution in [0.4, 0.5) is 13.2 Å². The lowest BCUT2D eigenvalue weighted by atomic mass is 10.1. The molecule has 0 amide bonds. The van der Waals surface area contributed by atoms with Crippen LogP contribution in [0.2, 0.25) is 0 Å². The first kappa shape index (κ1) is 12.7. The lowest BCUT2D eigenvalue weighted by Crippen LogP contribution is -2.31. The van der Waals surface area contributed by atoms with Crippen LogP contribution in [0.1, 0.15) is 19.3 Å². The normalized spacial score (nSPS) is 22.6. The summed E-state index contributed by atoms with van der Waals surface area (Å²) >= 11 is 0. The second-order valence-electron chi connectivity index (χ2n) is 3.88. The standard InChI is InChI=1S/C9H17F3N2O/c1-14(7-15-9(10,11)12)6-4-8-3-2-5-13-8/h8,13H,2-7H2,1H3. The highest BCUT2D eigenvalue weighted by molar-refractivity contribution is 4.74. The number of hydrogen-bond acceptors (Lipinski definition) is 3. The molecule has 0 radical (unpaired) electrons. The van der Waals surface area contributed by atoms with E-state index < -0.39 is 13.1 Å². The van der Waals surface area contributed by atoms with Gasteiger partial charge in [-0.05, 0) is 32.9 Å². The van der Waals surface area contributed by atoms with E-state index in [2.05, 4.69) is 10.1 Å². The molecule has 0 saturated carbocycles. The zero-order valence-electron chi connectivity index (χ0n) is 8.81. The van der Waals surface area contributed by atoms with Crippen molar-refractivity contribution < 1.29 is 17.9 Å². The van der Waals surface area contributed by atoms with Gasteiger partial charge in [-0.15, -0.1) is 13.2 Å². The van der Waals surface area contributed by atoms with Gasteiger partial charge in [0, 0.05) is 12.6 Å². The van der Waals surface area contributed by atoms with Crippen molar-refractivity contribution in [3.8, 4) is 0 Å². The molecule has 1 unspecified atom stereocenters. The van der Waals surface area contributed by atoms with Crippen molar-refractivity contribution in [2.24, 2.45) is 0 Å². The van der Waals surface area contributed by atoms with Gasteiger partial charge >= 0.3 is 6.36 Å². The molecule has 1 heterocycles. The zero-order chi connectivity index (χ0) is 11.3. The van der Waals surface area contributed by atoms with Crippen LogP contribution in [0.5, 0.6) is 0 Å². The number of rotatable bonds is 5. The lowest BCUT2D eigenvalue weighted by Gasteiger charge is -2.19. The van der Waals surface area contributed by atoms with Crippen LogP contribution < -0.4 is 5.32 Å². The molecular formula is C9H17F3N2O. The van der Waals surface area contributed by atoms with Gasteiger partial charge in [0.05, 0.1) is 0 Å². The summed E-state index contributed by atoms with van der Waals surface area (Å²) < 4.78 is 38.8. The van der Waals surface area contributed by atoms with E-state index in [4.69, 9.17) is 0 Å². The van der Waals surface area contributed by atoms with Gasteiger partial charge in [0.25, 0.3) is 0 Å². The number of halogens is 3. The minimum Gasteiger partial charge on any atom is -0.314 e. The number of nitrogens with one attached hydrogen (secondary N) is 1. The maximum Gasteiger partial charge on any atom is 0.523 e. The summed E-state index contributed by atoms with van der Waals surface area (Å²) in [5, 5.41) is 3.29. The Morgan fingerprint density at radius 1 is 1.47 bits per heavy atom. The van der Waals surface area contributed by atoms with Crippen molar-refractivity contribution in [1.82, 2.24) is 10.2 Å². The summed E-state index contributed by atoms with van der Waals surface area (Å²) in [6.45, 7) is 1.25. The molecule has 1 aliphatic rings. The van der Waals surface area contributed by atoms with Gasteiger partial charge < -0.3 is 5.32 Å². The van der Waals surface area contributed by atoms with Crippen molar-refractivity contribution in [2.45, 2.75) is 31.7 Å². The van der Waals surface area contributed by atoms with Crippen molar-refractivity contribution in [3.63, 3.8) is 0 Å². The van der Waals surface area contributed by atoms with Gasteiger partial charge in [-0.25, -0.2) is 0 Å². The number of hydrogen-bond donors (Lipinski definition) is 1. The summed E-state index contributed by atoms with van der Waals surface area (Å²) in [4.78, 5) is 1.54. The van der Waals surface area contributed by atoms with E-state index in [9.17, 15) is 13.2 Å². The highest BCUT2D eigenvalue weighted by atomic mass is 19.4. The Balaban J connectivity index is 2.05. The molecule has 1 rings (SSSR count). The van der Waals surface area contributed by atoms with Crippen LogP contribution in [-0.2, 0) is 4.74 Å². The van der Waals surface area contributed by atoms with E-state index in [-0.39, 0.29) is 0 Å². The van der Waals surface area contributed by atoms with Gasteiger partial charge in [-0.1, -0.05) is 0 Å². The first-order valence-corrected chi connectivity index (χ1v) is 5.10. The van der Waals surface area contributed by atoms with E-state index in [1.54, 1.807) is 7.05 Å². The van der Waals surface area contributed by atoms with E-state index in [0.29, 0.717) is 12.6 Å². The Labute approximate surface area is 87.6 Å². The maximum atomic E-state index is 11.7. The summed E-state index contributed by atoms with van der Waals surface area (Å²) in [5.41, 5.74) is 0. The lowest BCUT2D eigenvalue weighted by molar-refractivity contribution is -0.335. The molecule has 6 heteroatoms. The zero-order valence-corrected chi connectivity index (χ0v) is 8.81. The van der Waals surface area contributed by atoms with E-state index >= 15 is 0 Å². The summed E-state index contributed by atoms with van der Waals surface area (Å²) in [6.07, 6.45) is -1.38. The van der Waals surface area contributed by atoms with Crippen LogP contribution in [0.15, 0.2) is 0 Å². The number of alkyl halides is 3. The van der Waals surface area contributed by atoms with E-state index in [0.717, 1.165) is 25.8 Å². The van der Waals surface area contributed by atoms with Crippen LogP contribution in [0, 0.1) is 0 Å². The molecule has 1 saturated heterocycles. The third-order valence-electron chi connectivity index (χ3n) is 2.47. The Bertz CT molecular complexity index is 181. The minimum absolute atomic E-state index is 0.393. The highest BCUT2D eigenvalue weighted by Gasteiger charge is 2.29. The molecule has 15 heavy (non-hydrogen) atoms. The predicted octanol–water partition coefficient (Wildman–Crippen LogP) is 1.55. The van der Waals surface area contributed by atoms with Gasteiger partial charge in [-0.3, -0.25) is 9.64 Å². The second kappa shape index (κ2) is 5.67. The molecule has 0 aliphatic carbocycles. The largest absolute Gasteiger partial charge is 0.523 e. The van der Waals surface area contributed by atoms with Crippen molar-refractivity contribution in [2.75, 3.05) is 26.9 Å². The SMILES string of the molecule is CN(CCC1CCCN1)COC(F)(F)F. The van der Waals surface area contributed by atoms with Crippen molar-refractivity contribution in [1.29, 1.82) is 0 Å². The minimum atomic E-state index is -4.53. The summed E-state index contributed by atoms with van der Waals surface area (Å²) in [5.74, 6) is 0. The molecule has 0 bridgehead atoms. The van der Waals surface area contributed by atoms with Gasteiger partial charge in [0.1, 0.15) is 6.73 Å². The van der Waals surface area contributed by atoms with E-state index in [1.807, 2.05) is 0 Å². The fourth-order valence-electron chi connectivity index (χ4n) is 1.63. The van der Waals surface area contributed by atoms with Crippen molar-refractivity contribution >= 4 is 0 Å². The molecule has 0 aromatic rings. The predicted molar refractivity (Wildman–Crippen MR) is 50.3 cm³/mol. The molecule has 1 atom stereocenters. The molecule has 0 aromatic carbocycles. The molecule has 1 fully saturated rings. The Morgan fingerprint density at radius 3 is 2.73 bits per heavy atom. The Hall–Kier alpha value is -0.330. The second-order valence-corrected chi connectivity index (χ2v) is 3.88. The fraction of sp³-hybridized carbons (Fsp3) is 1.00. The fourth-order valence-corrected chi connectivity index (χ4v) is 1.63. The number of ether oxygens (including phenoxy) is 1. The molecule has 0 aromatic heterocycles. The first-order chi connectivity index (χ1) is 6.97. The Morgan fingerprint density at radius 2 is 2.20 bits per heavy atom. The molecule has 3 nitrogen and oxygen atoms in total. The van der Waals surface area contributed by atoms with Gasteiger partial charge in [0.2, 0.25) is 0 Å². The molecule has 1 N–H and O–H groups in total.